The molecule has 1 aromatic carbocycles. The zero-order valence-corrected chi connectivity index (χ0v) is 13.4. The van der Waals surface area contributed by atoms with E-state index in [-0.39, 0.29) is 5.41 Å². The van der Waals surface area contributed by atoms with Crippen LogP contribution in [0.4, 0.5) is 0 Å². The molecule has 1 atom stereocenters. The van der Waals surface area contributed by atoms with Gasteiger partial charge >= 0.3 is 0 Å². The van der Waals surface area contributed by atoms with Gasteiger partial charge < -0.3 is 0 Å². The molecule has 0 amide bonds. The number of hydrogen-bond acceptors (Lipinski definition) is 0. The number of alkyl halides is 1. The molecule has 1 rings (SSSR count). The van der Waals surface area contributed by atoms with E-state index >= 15 is 0 Å². The average Bonchev–Trinajstić information content (AvgIpc) is 2.24. The minimum Gasteiger partial charge on any atom is -0.122 e. The van der Waals surface area contributed by atoms with Gasteiger partial charge in [-0.2, -0.15) is 0 Å². The molecule has 18 heavy (non-hydrogen) atoms. The molecule has 0 radical (unpaired) electrons. The molecule has 1 aromatic rings. The molecule has 1 heteroatoms. The summed E-state index contributed by atoms with van der Waals surface area (Å²) in [5, 5.41) is 0. The van der Waals surface area contributed by atoms with Gasteiger partial charge in [-0.05, 0) is 34.3 Å². The van der Waals surface area contributed by atoms with Gasteiger partial charge in [0, 0.05) is 5.88 Å². The molecule has 0 fully saturated rings. The summed E-state index contributed by atoms with van der Waals surface area (Å²) in [5.74, 6) is 1.18. The van der Waals surface area contributed by atoms with Crippen molar-refractivity contribution in [3.05, 3.63) is 35.4 Å². The second-order valence-electron chi connectivity index (χ2n) is 7.56. The van der Waals surface area contributed by atoms with Crippen molar-refractivity contribution in [2.24, 2.45) is 10.8 Å². The first-order valence-corrected chi connectivity index (χ1v) is 7.32. The van der Waals surface area contributed by atoms with Gasteiger partial charge in [0.1, 0.15) is 0 Å². The van der Waals surface area contributed by atoms with Crippen molar-refractivity contribution in [3.63, 3.8) is 0 Å². The first-order valence-electron chi connectivity index (χ1n) is 6.78. The zero-order valence-electron chi connectivity index (χ0n) is 12.7. The lowest BCUT2D eigenvalue weighted by Crippen LogP contribution is -2.23. The van der Waals surface area contributed by atoms with Crippen LogP contribution >= 0.6 is 11.6 Å². The van der Waals surface area contributed by atoms with Gasteiger partial charge in [0.25, 0.3) is 0 Å². The van der Waals surface area contributed by atoms with Gasteiger partial charge in [-0.1, -0.05) is 65.8 Å². The van der Waals surface area contributed by atoms with Gasteiger partial charge in [-0.15, -0.1) is 11.6 Å². The summed E-state index contributed by atoms with van der Waals surface area (Å²) in [5.41, 5.74) is 3.27. The smallest absolute Gasteiger partial charge is 0.0474 e. The molecular weight excluding hydrogens is 240 g/mol. The van der Waals surface area contributed by atoms with Gasteiger partial charge in [0.2, 0.25) is 0 Å². The molecule has 0 spiro atoms. The van der Waals surface area contributed by atoms with Crippen molar-refractivity contribution in [1.82, 2.24) is 0 Å². The third-order valence-electron chi connectivity index (χ3n) is 3.40. The lowest BCUT2D eigenvalue weighted by atomic mass is 9.69. The van der Waals surface area contributed by atoms with E-state index in [4.69, 9.17) is 11.6 Å². The fourth-order valence-corrected chi connectivity index (χ4v) is 2.55. The van der Waals surface area contributed by atoms with Crippen LogP contribution in [0.25, 0.3) is 0 Å². The molecule has 0 aliphatic heterocycles. The molecule has 0 bridgehead atoms. The van der Waals surface area contributed by atoms with Crippen LogP contribution in [-0.4, -0.2) is 0 Å². The Labute approximate surface area is 118 Å². The van der Waals surface area contributed by atoms with Crippen LogP contribution in [0.15, 0.2) is 24.3 Å². The van der Waals surface area contributed by atoms with Crippen molar-refractivity contribution in [3.8, 4) is 0 Å². The van der Waals surface area contributed by atoms with Crippen molar-refractivity contribution in [1.29, 1.82) is 0 Å². The molecule has 0 nitrogen and oxygen atoms in total. The SMILES string of the molecule is CC(C)(C)CC(c1ccc(CCl)cc1)C(C)(C)C. The van der Waals surface area contributed by atoms with E-state index in [2.05, 4.69) is 65.8 Å². The molecule has 0 N–H and O–H groups in total. The summed E-state index contributed by atoms with van der Waals surface area (Å²) in [7, 11) is 0. The molecule has 1 unspecified atom stereocenters. The highest BCUT2D eigenvalue weighted by molar-refractivity contribution is 6.17. The van der Waals surface area contributed by atoms with Crippen molar-refractivity contribution >= 4 is 11.6 Å². The monoisotopic (exact) mass is 266 g/mol. The van der Waals surface area contributed by atoms with Gasteiger partial charge in [-0.3, -0.25) is 0 Å². The molecular formula is C17H27Cl. The van der Waals surface area contributed by atoms with Crippen LogP contribution in [0.3, 0.4) is 0 Å². The van der Waals surface area contributed by atoms with E-state index in [1.807, 2.05) is 0 Å². The van der Waals surface area contributed by atoms with E-state index in [1.165, 1.54) is 17.5 Å². The standard InChI is InChI=1S/C17H27Cl/c1-16(2,3)11-15(17(4,5)6)14-9-7-13(12-18)8-10-14/h7-10,15H,11-12H2,1-6H3. The number of hydrogen-bond donors (Lipinski definition) is 0. The summed E-state index contributed by atoms with van der Waals surface area (Å²) < 4.78 is 0. The minimum atomic E-state index is 0.287. The lowest BCUT2D eigenvalue weighted by molar-refractivity contribution is 0.229. The lowest BCUT2D eigenvalue weighted by Gasteiger charge is -2.36. The fraction of sp³-hybridized carbons (Fsp3) is 0.647. The Morgan fingerprint density at radius 1 is 0.944 bits per heavy atom. The zero-order chi connectivity index (χ0) is 14.0. The Balaban J connectivity index is 3.02. The Morgan fingerprint density at radius 2 is 1.44 bits per heavy atom. The Bertz CT molecular complexity index is 362. The quantitative estimate of drug-likeness (QED) is 0.590. The summed E-state index contributed by atoms with van der Waals surface area (Å²) in [6, 6.07) is 8.81. The maximum atomic E-state index is 5.86. The molecule has 102 valence electrons. The second-order valence-corrected chi connectivity index (χ2v) is 7.83. The highest BCUT2D eigenvalue weighted by Gasteiger charge is 2.30. The van der Waals surface area contributed by atoms with Crippen molar-refractivity contribution in [2.45, 2.75) is 59.8 Å². The van der Waals surface area contributed by atoms with E-state index in [0.29, 0.717) is 17.2 Å². The van der Waals surface area contributed by atoms with Gasteiger partial charge in [0.05, 0.1) is 0 Å². The number of rotatable bonds is 3. The highest BCUT2D eigenvalue weighted by Crippen LogP contribution is 2.42. The fourth-order valence-electron chi connectivity index (χ4n) is 2.38. The first-order chi connectivity index (χ1) is 8.13. The maximum absolute atomic E-state index is 5.86. The molecule has 0 aliphatic carbocycles. The molecule has 0 saturated carbocycles. The number of benzene rings is 1. The molecule has 0 saturated heterocycles. The largest absolute Gasteiger partial charge is 0.122 e. The summed E-state index contributed by atoms with van der Waals surface area (Å²) in [6.45, 7) is 14.0. The van der Waals surface area contributed by atoms with Crippen LogP contribution in [-0.2, 0) is 5.88 Å². The Hall–Kier alpha value is -0.490. The number of halogens is 1. The van der Waals surface area contributed by atoms with E-state index in [0.717, 1.165) is 0 Å². The van der Waals surface area contributed by atoms with E-state index < -0.39 is 0 Å². The minimum absolute atomic E-state index is 0.287. The predicted octanol–water partition coefficient (Wildman–Crippen LogP) is 5.99. The van der Waals surface area contributed by atoms with Gasteiger partial charge in [0.15, 0.2) is 0 Å². The van der Waals surface area contributed by atoms with Crippen LogP contribution < -0.4 is 0 Å². The van der Waals surface area contributed by atoms with Gasteiger partial charge in [-0.25, -0.2) is 0 Å². The molecule has 0 heterocycles. The van der Waals surface area contributed by atoms with Crippen LogP contribution in [0.1, 0.15) is 65.0 Å². The third-order valence-corrected chi connectivity index (χ3v) is 3.71. The Morgan fingerprint density at radius 3 is 1.78 bits per heavy atom. The highest BCUT2D eigenvalue weighted by atomic mass is 35.5. The topological polar surface area (TPSA) is 0 Å². The van der Waals surface area contributed by atoms with Crippen molar-refractivity contribution in [2.75, 3.05) is 0 Å². The van der Waals surface area contributed by atoms with E-state index in [1.54, 1.807) is 0 Å². The third kappa shape index (κ3) is 4.65. The summed E-state index contributed by atoms with van der Waals surface area (Å²) in [4.78, 5) is 0. The maximum Gasteiger partial charge on any atom is 0.0474 e. The molecule has 0 aliphatic rings. The second kappa shape index (κ2) is 5.65. The normalized spacial score (nSPS) is 14.6. The average molecular weight is 267 g/mol. The Kier molecular flexibility index (Phi) is 4.89. The summed E-state index contributed by atoms with van der Waals surface area (Å²) >= 11 is 5.86. The first kappa shape index (κ1) is 15.6. The van der Waals surface area contributed by atoms with E-state index in [9.17, 15) is 0 Å². The van der Waals surface area contributed by atoms with Crippen molar-refractivity contribution < 1.29 is 0 Å². The van der Waals surface area contributed by atoms with Crippen LogP contribution in [0, 0.1) is 10.8 Å². The van der Waals surface area contributed by atoms with Crippen LogP contribution in [0.5, 0.6) is 0 Å². The molecule has 0 aromatic heterocycles. The summed E-state index contributed by atoms with van der Waals surface area (Å²) in [6.07, 6.45) is 1.21. The predicted molar refractivity (Wildman–Crippen MR) is 82.3 cm³/mol. The van der Waals surface area contributed by atoms with Crippen LogP contribution in [0.2, 0.25) is 0 Å².